The number of carbonyl (C=O) groups is 2. The average molecular weight is 340 g/mol. The van der Waals surface area contributed by atoms with Crippen molar-refractivity contribution in [1.29, 1.82) is 0 Å². The molecule has 2 amide bonds. The smallest absolute Gasteiger partial charge is 0.269 e. The van der Waals surface area contributed by atoms with Gasteiger partial charge >= 0.3 is 0 Å². The number of nitrogens with one attached hydrogen (secondary N) is 2. The Morgan fingerprint density at radius 2 is 1.86 bits per heavy atom. The minimum Gasteiger partial charge on any atom is -0.272 e. The summed E-state index contributed by atoms with van der Waals surface area (Å²) in [7, 11) is 0. The van der Waals surface area contributed by atoms with Crippen molar-refractivity contribution in [3.8, 4) is 0 Å². The molecule has 110 valence electrons. The molecule has 0 spiro atoms. The number of amides is 2. The maximum atomic E-state index is 11.7. The quantitative estimate of drug-likeness (QED) is 0.638. The van der Waals surface area contributed by atoms with E-state index in [0.29, 0.717) is 5.56 Å². The summed E-state index contributed by atoms with van der Waals surface area (Å²) in [5, 5.41) is 7.88. The molecular formula is C12H12N4O2S3. The first-order valence-corrected chi connectivity index (χ1v) is 8.86. The maximum Gasteiger partial charge on any atom is 0.269 e. The van der Waals surface area contributed by atoms with Crippen LogP contribution in [0.3, 0.4) is 0 Å². The molecule has 1 aromatic heterocycles. The second-order valence-electron chi connectivity index (χ2n) is 3.70. The highest BCUT2D eigenvalue weighted by Gasteiger charge is 2.09. The van der Waals surface area contributed by atoms with Crippen molar-refractivity contribution >= 4 is 46.7 Å². The molecule has 2 rings (SSSR count). The number of thioether (sulfide) groups is 2. The predicted molar refractivity (Wildman–Crippen MR) is 84.5 cm³/mol. The molecule has 0 bridgehead atoms. The topological polar surface area (TPSA) is 84.0 Å². The van der Waals surface area contributed by atoms with Crippen LogP contribution in [0.5, 0.6) is 0 Å². The maximum absolute atomic E-state index is 11.7. The highest BCUT2D eigenvalue weighted by atomic mass is 32.2. The third kappa shape index (κ3) is 5.03. The van der Waals surface area contributed by atoms with E-state index in [1.165, 1.54) is 34.9 Å². The molecule has 0 atom stereocenters. The van der Waals surface area contributed by atoms with Crippen LogP contribution in [0, 0.1) is 0 Å². The SMILES string of the molecule is CSc1nnc(SCC(=O)NNC(=O)c2ccccc2)s1. The zero-order valence-corrected chi connectivity index (χ0v) is 13.5. The van der Waals surface area contributed by atoms with Crippen LogP contribution in [0.4, 0.5) is 0 Å². The first-order valence-electron chi connectivity index (χ1n) is 5.83. The molecule has 0 unspecified atom stereocenters. The number of benzene rings is 1. The molecule has 0 aliphatic carbocycles. The van der Waals surface area contributed by atoms with Gasteiger partial charge in [-0.3, -0.25) is 20.4 Å². The van der Waals surface area contributed by atoms with E-state index in [1.54, 1.807) is 24.3 Å². The Bertz CT molecular complexity index is 618. The Kier molecular flexibility index (Phi) is 6.03. The third-order valence-electron chi connectivity index (χ3n) is 2.24. The largest absolute Gasteiger partial charge is 0.272 e. The lowest BCUT2D eigenvalue weighted by Gasteiger charge is -2.06. The molecule has 0 aliphatic heterocycles. The molecule has 6 nitrogen and oxygen atoms in total. The minimum atomic E-state index is -0.352. The van der Waals surface area contributed by atoms with Crippen LogP contribution >= 0.6 is 34.9 Å². The van der Waals surface area contributed by atoms with Crippen molar-refractivity contribution in [2.45, 2.75) is 8.68 Å². The van der Waals surface area contributed by atoms with Gasteiger partial charge in [-0.05, 0) is 18.4 Å². The van der Waals surface area contributed by atoms with Crippen molar-refractivity contribution in [3.63, 3.8) is 0 Å². The fourth-order valence-electron chi connectivity index (χ4n) is 1.29. The van der Waals surface area contributed by atoms with Crippen molar-refractivity contribution in [2.24, 2.45) is 0 Å². The first kappa shape index (κ1) is 15.8. The van der Waals surface area contributed by atoms with E-state index in [-0.39, 0.29) is 17.6 Å². The molecule has 2 N–H and O–H groups in total. The fourth-order valence-corrected chi connectivity index (χ4v) is 3.53. The summed E-state index contributed by atoms with van der Waals surface area (Å²) >= 11 is 4.22. The Morgan fingerprint density at radius 1 is 1.14 bits per heavy atom. The molecule has 2 aromatic rings. The summed E-state index contributed by atoms with van der Waals surface area (Å²) in [6.45, 7) is 0. The van der Waals surface area contributed by atoms with Gasteiger partial charge in [-0.1, -0.05) is 53.1 Å². The second-order valence-corrected chi connectivity index (χ2v) is 6.95. The molecule has 0 radical (unpaired) electrons. The zero-order chi connectivity index (χ0) is 15.1. The van der Waals surface area contributed by atoms with E-state index in [9.17, 15) is 9.59 Å². The predicted octanol–water partition coefficient (Wildman–Crippen LogP) is 1.81. The summed E-state index contributed by atoms with van der Waals surface area (Å²) in [5.74, 6) is -0.488. The highest BCUT2D eigenvalue weighted by molar-refractivity contribution is 8.03. The van der Waals surface area contributed by atoms with E-state index in [4.69, 9.17) is 0 Å². The number of hydrogen-bond donors (Lipinski definition) is 2. The molecule has 0 saturated heterocycles. The Hall–Kier alpha value is -1.58. The van der Waals surface area contributed by atoms with Crippen LogP contribution < -0.4 is 10.9 Å². The summed E-state index contributed by atoms with van der Waals surface area (Å²) in [5.41, 5.74) is 5.21. The fraction of sp³-hybridized carbons (Fsp3) is 0.167. The summed E-state index contributed by atoms with van der Waals surface area (Å²) < 4.78 is 1.58. The third-order valence-corrected chi connectivity index (χ3v) is 5.27. The van der Waals surface area contributed by atoms with Crippen molar-refractivity contribution in [2.75, 3.05) is 12.0 Å². The molecule has 21 heavy (non-hydrogen) atoms. The summed E-state index contributed by atoms with van der Waals surface area (Å²) in [6.07, 6.45) is 1.92. The number of hydrogen-bond acceptors (Lipinski definition) is 7. The van der Waals surface area contributed by atoms with Gasteiger partial charge in [0.2, 0.25) is 5.91 Å². The van der Waals surface area contributed by atoms with Crippen LogP contribution in [-0.4, -0.2) is 34.0 Å². The van der Waals surface area contributed by atoms with E-state index in [1.807, 2.05) is 12.3 Å². The molecule has 9 heteroatoms. The van der Waals surface area contributed by atoms with Gasteiger partial charge in [0, 0.05) is 5.56 Å². The molecule has 1 heterocycles. The monoisotopic (exact) mass is 340 g/mol. The van der Waals surface area contributed by atoms with E-state index < -0.39 is 0 Å². The molecule has 0 saturated carbocycles. The van der Waals surface area contributed by atoms with Gasteiger partial charge in [0.05, 0.1) is 5.75 Å². The lowest BCUT2D eigenvalue weighted by Crippen LogP contribution is -2.42. The Balaban J connectivity index is 1.73. The summed E-state index contributed by atoms with van der Waals surface area (Å²) in [6, 6.07) is 8.66. The van der Waals surface area contributed by atoms with Crippen molar-refractivity contribution in [3.05, 3.63) is 35.9 Å². The number of nitrogens with zero attached hydrogens (tertiary/aromatic N) is 2. The molecule has 0 fully saturated rings. The summed E-state index contributed by atoms with van der Waals surface area (Å²) in [4.78, 5) is 23.3. The number of rotatable bonds is 5. The number of hydrazine groups is 1. The van der Waals surface area contributed by atoms with Gasteiger partial charge in [0.1, 0.15) is 0 Å². The highest BCUT2D eigenvalue weighted by Crippen LogP contribution is 2.26. The lowest BCUT2D eigenvalue weighted by molar-refractivity contribution is -0.119. The minimum absolute atomic E-state index is 0.165. The van der Waals surface area contributed by atoms with Crippen molar-refractivity contribution < 1.29 is 9.59 Å². The van der Waals surface area contributed by atoms with Gasteiger partial charge in [-0.2, -0.15) is 0 Å². The van der Waals surface area contributed by atoms with Crippen LogP contribution in [0.25, 0.3) is 0 Å². The zero-order valence-electron chi connectivity index (χ0n) is 11.0. The molecule has 0 aliphatic rings. The molecular weight excluding hydrogens is 328 g/mol. The second kappa shape index (κ2) is 8.01. The van der Waals surface area contributed by atoms with Crippen LogP contribution in [0.15, 0.2) is 39.0 Å². The van der Waals surface area contributed by atoms with Gasteiger partial charge in [-0.25, -0.2) is 0 Å². The number of aromatic nitrogens is 2. The van der Waals surface area contributed by atoms with Crippen molar-refractivity contribution in [1.82, 2.24) is 21.0 Å². The van der Waals surface area contributed by atoms with Gasteiger partial charge in [0.25, 0.3) is 5.91 Å². The lowest BCUT2D eigenvalue weighted by atomic mass is 10.2. The molecule has 1 aromatic carbocycles. The van der Waals surface area contributed by atoms with Crippen LogP contribution in [-0.2, 0) is 4.79 Å². The van der Waals surface area contributed by atoms with Gasteiger partial charge in [0.15, 0.2) is 8.68 Å². The Labute approximate surface area is 134 Å². The van der Waals surface area contributed by atoms with Gasteiger partial charge in [-0.15, -0.1) is 10.2 Å². The number of carbonyl (C=O) groups excluding carboxylic acids is 2. The van der Waals surface area contributed by atoms with E-state index in [0.717, 1.165) is 8.68 Å². The van der Waals surface area contributed by atoms with Crippen LogP contribution in [0.1, 0.15) is 10.4 Å². The van der Waals surface area contributed by atoms with E-state index >= 15 is 0 Å². The average Bonchev–Trinajstić information content (AvgIpc) is 2.99. The van der Waals surface area contributed by atoms with Gasteiger partial charge < -0.3 is 0 Å². The van der Waals surface area contributed by atoms with Crippen LogP contribution in [0.2, 0.25) is 0 Å². The Morgan fingerprint density at radius 3 is 2.52 bits per heavy atom. The standard InChI is InChI=1S/C12H12N4O2S3/c1-19-11-15-16-12(21-11)20-7-9(17)13-14-10(18)8-5-3-2-4-6-8/h2-6H,7H2,1H3,(H,13,17)(H,14,18). The first-order chi connectivity index (χ1) is 10.2. The normalized spacial score (nSPS) is 10.1. The van der Waals surface area contributed by atoms with E-state index in [2.05, 4.69) is 21.0 Å².